The lowest BCUT2D eigenvalue weighted by atomic mass is 10.1. The molecule has 7 heteroatoms. The SMILES string of the molecule is Cl.O=C(NCCN1CCCC1)c1ccc2c(c1)C(=O)N(Cc1ccccc1)C2=O. The Hall–Kier alpha value is -2.70. The second-order valence-electron chi connectivity index (χ2n) is 7.25. The van der Waals surface area contributed by atoms with Gasteiger partial charge in [-0.3, -0.25) is 19.3 Å². The van der Waals surface area contributed by atoms with Gasteiger partial charge in [0.25, 0.3) is 17.7 Å². The fourth-order valence-corrected chi connectivity index (χ4v) is 3.78. The van der Waals surface area contributed by atoms with Gasteiger partial charge in [0, 0.05) is 18.7 Å². The van der Waals surface area contributed by atoms with Crippen LogP contribution in [0.3, 0.4) is 0 Å². The molecule has 0 radical (unpaired) electrons. The van der Waals surface area contributed by atoms with E-state index < -0.39 is 0 Å². The summed E-state index contributed by atoms with van der Waals surface area (Å²) in [6.07, 6.45) is 2.43. The maximum atomic E-state index is 12.7. The van der Waals surface area contributed by atoms with Crippen LogP contribution in [0, 0.1) is 0 Å². The molecule has 2 heterocycles. The number of likely N-dealkylation sites (tertiary alicyclic amines) is 1. The van der Waals surface area contributed by atoms with Crippen LogP contribution < -0.4 is 5.32 Å². The van der Waals surface area contributed by atoms with Crippen molar-refractivity contribution in [2.75, 3.05) is 26.2 Å². The third-order valence-corrected chi connectivity index (χ3v) is 5.33. The first-order valence-corrected chi connectivity index (χ1v) is 9.68. The number of halogens is 1. The normalized spacial score (nSPS) is 15.9. The Bertz CT molecular complexity index is 911. The van der Waals surface area contributed by atoms with Gasteiger partial charge in [-0.1, -0.05) is 30.3 Å². The average molecular weight is 414 g/mol. The number of imide groups is 1. The Morgan fingerprint density at radius 1 is 0.931 bits per heavy atom. The van der Waals surface area contributed by atoms with Gasteiger partial charge in [0.15, 0.2) is 0 Å². The molecule has 0 bridgehead atoms. The summed E-state index contributed by atoms with van der Waals surface area (Å²) in [4.78, 5) is 41.3. The third-order valence-electron chi connectivity index (χ3n) is 5.33. The van der Waals surface area contributed by atoms with E-state index >= 15 is 0 Å². The number of amides is 3. The van der Waals surface area contributed by atoms with Crippen LogP contribution in [0.4, 0.5) is 0 Å². The van der Waals surface area contributed by atoms with Crippen molar-refractivity contribution >= 4 is 30.1 Å². The van der Waals surface area contributed by atoms with E-state index in [9.17, 15) is 14.4 Å². The van der Waals surface area contributed by atoms with Crippen LogP contribution in [0.15, 0.2) is 48.5 Å². The number of fused-ring (bicyclic) bond motifs is 1. The van der Waals surface area contributed by atoms with E-state index in [0.29, 0.717) is 23.2 Å². The lowest BCUT2D eigenvalue weighted by Gasteiger charge is -2.14. The van der Waals surface area contributed by atoms with Crippen LogP contribution in [-0.4, -0.2) is 53.7 Å². The Morgan fingerprint density at radius 2 is 1.62 bits per heavy atom. The summed E-state index contributed by atoms with van der Waals surface area (Å²) >= 11 is 0. The van der Waals surface area contributed by atoms with Crippen LogP contribution in [0.1, 0.15) is 49.5 Å². The maximum absolute atomic E-state index is 12.7. The molecule has 29 heavy (non-hydrogen) atoms. The van der Waals surface area contributed by atoms with Gasteiger partial charge in [-0.25, -0.2) is 0 Å². The first kappa shape index (κ1) is 21.0. The van der Waals surface area contributed by atoms with Crippen molar-refractivity contribution in [2.24, 2.45) is 0 Å². The lowest BCUT2D eigenvalue weighted by Crippen LogP contribution is -2.33. The van der Waals surface area contributed by atoms with E-state index in [1.54, 1.807) is 12.1 Å². The molecule has 2 aliphatic heterocycles. The van der Waals surface area contributed by atoms with Crippen molar-refractivity contribution in [1.29, 1.82) is 0 Å². The third kappa shape index (κ3) is 4.49. The molecule has 0 aromatic heterocycles. The minimum atomic E-state index is -0.351. The number of nitrogens with one attached hydrogen (secondary N) is 1. The lowest BCUT2D eigenvalue weighted by molar-refractivity contribution is 0.0642. The first-order chi connectivity index (χ1) is 13.6. The molecule has 4 rings (SSSR count). The fraction of sp³-hybridized carbons (Fsp3) is 0.318. The highest BCUT2D eigenvalue weighted by Gasteiger charge is 2.35. The van der Waals surface area contributed by atoms with Crippen LogP contribution in [0.2, 0.25) is 0 Å². The Kier molecular flexibility index (Phi) is 6.67. The Labute approximate surface area is 176 Å². The predicted octanol–water partition coefficient (Wildman–Crippen LogP) is 2.73. The van der Waals surface area contributed by atoms with E-state index in [4.69, 9.17) is 0 Å². The second-order valence-corrected chi connectivity index (χ2v) is 7.25. The molecule has 2 aromatic rings. The molecule has 152 valence electrons. The number of nitrogens with zero attached hydrogens (tertiary/aromatic N) is 2. The van der Waals surface area contributed by atoms with Gasteiger partial charge in [-0.2, -0.15) is 0 Å². The van der Waals surface area contributed by atoms with Crippen molar-refractivity contribution in [3.63, 3.8) is 0 Å². The summed E-state index contributed by atoms with van der Waals surface area (Å²) in [5, 5.41) is 2.90. The van der Waals surface area contributed by atoms with Gasteiger partial charge in [0.05, 0.1) is 17.7 Å². The van der Waals surface area contributed by atoms with Gasteiger partial charge in [0.2, 0.25) is 0 Å². The van der Waals surface area contributed by atoms with E-state index in [1.807, 2.05) is 30.3 Å². The van der Waals surface area contributed by atoms with E-state index in [2.05, 4.69) is 10.2 Å². The summed E-state index contributed by atoms with van der Waals surface area (Å²) in [6.45, 7) is 3.80. The molecule has 6 nitrogen and oxygen atoms in total. The minimum Gasteiger partial charge on any atom is -0.351 e. The highest BCUT2D eigenvalue weighted by molar-refractivity contribution is 6.22. The first-order valence-electron chi connectivity index (χ1n) is 9.68. The highest BCUT2D eigenvalue weighted by Crippen LogP contribution is 2.25. The molecular weight excluding hydrogens is 390 g/mol. The monoisotopic (exact) mass is 413 g/mol. The molecule has 0 saturated carbocycles. The molecule has 2 aromatic carbocycles. The van der Waals surface area contributed by atoms with Gasteiger partial charge in [-0.05, 0) is 49.7 Å². The zero-order valence-electron chi connectivity index (χ0n) is 16.1. The van der Waals surface area contributed by atoms with E-state index in [0.717, 1.165) is 25.2 Å². The molecule has 0 unspecified atom stereocenters. The van der Waals surface area contributed by atoms with E-state index in [1.165, 1.54) is 23.8 Å². The van der Waals surface area contributed by atoms with Crippen molar-refractivity contribution in [2.45, 2.75) is 19.4 Å². The van der Waals surface area contributed by atoms with Gasteiger partial charge >= 0.3 is 0 Å². The van der Waals surface area contributed by atoms with Crippen molar-refractivity contribution in [1.82, 2.24) is 15.1 Å². The highest BCUT2D eigenvalue weighted by atomic mass is 35.5. The van der Waals surface area contributed by atoms with Crippen molar-refractivity contribution < 1.29 is 14.4 Å². The summed E-state index contributed by atoms with van der Waals surface area (Å²) in [5.41, 5.74) is 1.95. The summed E-state index contributed by atoms with van der Waals surface area (Å²) in [5.74, 6) is -0.885. The number of hydrogen-bond donors (Lipinski definition) is 1. The molecule has 1 fully saturated rings. The predicted molar refractivity (Wildman–Crippen MR) is 112 cm³/mol. The van der Waals surface area contributed by atoms with Gasteiger partial charge in [-0.15, -0.1) is 12.4 Å². The van der Waals surface area contributed by atoms with Crippen molar-refractivity contribution in [3.05, 3.63) is 70.8 Å². The Balaban J connectivity index is 0.00000240. The van der Waals surface area contributed by atoms with Crippen LogP contribution in [-0.2, 0) is 6.54 Å². The zero-order chi connectivity index (χ0) is 19.5. The maximum Gasteiger partial charge on any atom is 0.261 e. The van der Waals surface area contributed by atoms with Gasteiger partial charge in [0.1, 0.15) is 0 Å². The molecule has 2 aliphatic rings. The minimum absolute atomic E-state index is 0. The number of benzene rings is 2. The zero-order valence-corrected chi connectivity index (χ0v) is 16.9. The number of hydrogen-bond acceptors (Lipinski definition) is 4. The van der Waals surface area contributed by atoms with E-state index in [-0.39, 0.29) is 36.7 Å². The smallest absolute Gasteiger partial charge is 0.261 e. The van der Waals surface area contributed by atoms with Crippen LogP contribution >= 0.6 is 12.4 Å². The Morgan fingerprint density at radius 3 is 2.34 bits per heavy atom. The van der Waals surface area contributed by atoms with Crippen LogP contribution in [0.5, 0.6) is 0 Å². The average Bonchev–Trinajstić information content (AvgIpc) is 3.31. The molecule has 0 aliphatic carbocycles. The quantitative estimate of drug-likeness (QED) is 0.739. The summed E-state index contributed by atoms with van der Waals surface area (Å²) < 4.78 is 0. The van der Waals surface area contributed by atoms with Crippen LogP contribution in [0.25, 0.3) is 0 Å². The van der Waals surface area contributed by atoms with Gasteiger partial charge < -0.3 is 10.2 Å². The molecule has 3 amide bonds. The summed E-state index contributed by atoms with van der Waals surface area (Å²) in [7, 11) is 0. The number of carbonyl (C=O) groups is 3. The van der Waals surface area contributed by atoms with Crippen molar-refractivity contribution in [3.8, 4) is 0 Å². The topological polar surface area (TPSA) is 69.7 Å². The largest absolute Gasteiger partial charge is 0.351 e. The fourth-order valence-electron chi connectivity index (χ4n) is 3.78. The number of rotatable bonds is 6. The molecule has 1 N–H and O–H groups in total. The second kappa shape index (κ2) is 9.20. The molecular formula is C22H24ClN3O3. The number of carbonyl (C=O) groups excluding carboxylic acids is 3. The molecule has 0 spiro atoms. The molecule has 1 saturated heterocycles. The molecule has 0 atom stereocenters. The standard InChI is InChI=1S/C22H23N3O3.ClH/c26-20(23-10-13-24-11-4-5-12-24)17-8-9-18-19(14-17)22(28)25(21(18)27)15-16-6-2-1-3-7-16;/h1-3,6-9,14H,4-5,10-13,15H2,(H,23,26);1H. The summed E-state index contributed by atoms with van der Waals surface area (Å²) in [6, 6.07) is 14.1.